The highest BCUT2D eigenvalue weighted by Gasteiger charge is 2.26. The molecule has 0 bridgehead atoms. The van der Waals surface area contributed by atoms with E-state index in [4.69, 9.17) is 0 Å². The molecule has 0 aromatic carbocycles. The average Bonchev–Trinajstić information content (AvgIpc) is 3.82. The summed E-state index contributed by atoms with van der Waals surface area (Å²) < 4.78 is 0. The lowest BCUT2D eigenvalue weighted by Crippen LogP contribution is -2.19. The molecule has 0 aliphatic heterocycles. The third kappa shape index (κ3) is 72.8. The molecule has 4 aliphatic carbocycles. The first-order valence-corrected chi connectivity index (χ1v) is 26.8. The summed E-state index contributed by atoms with van der Waals surface area (Å²) in [6, 6.07) is 0. The van der Waals surface area contributed by atoms with Crippen LogP contribution in [-0.2, 0) is 0 Å². The summed E-state index contributed by atoms with van der Waals surface area (Å²) in [4.78, 5) is 0. The van der Waals surface area contributed by atoms with E-state index in [1.807, 2.05) is 13.8 Å². The zero-order valence-corrected chi connectivity index (χ0v) is 47.9. The molecule has 59 heavy (non-hydrogen) atoms. The molecule has 0 aromatic rings. The van der Waals surface area contributed by atoms with E-state index >= 15 is 0 Å². The fourth-order valence-corrected chi connectivity index (χ4v) is 5.81. The fourth-order valence-electron chi connectivity index (χ4n) is 5.81. The van der Waals surface area contributed by atoms with Crippen molar-refractivity contribution in [1.82, 2.24) is 0 Å². The summed E-state index contributed by atoms with van der Waals surface area (Å²) >= 11 is 0. The van der Waals surface area contributed by atoms with Gasteiger partial charge in [-0.15, -0.1) is 0 Å². The van der Waals surface area contributed by atoms with Crippen molar-refractivity contribution in [2.45, 2.75) is 328 Å². The van der Waals surface area contributed by atoms with E-state index in [-0.39, 0.29) is 0 Å². The maximum Gasteiger partial charge on any atom is -0.0328 e. The number of rotatable bonds is 4. The second-order valence-electron chi connectivity index (χ2n) is 25.2. The van der Waals surface area contributed by atoms with Gasteiger partial charge in [0.1, 0.15) is 0 Å². The summed E-state index contributed by atoms with van der Waals surface area (Å²) in [5.41, 5.74) is 3.02. The van der Waals surface area contributed by atoms with Gasteiger partial charge in [0, 0.05) is 0 Å². The van der Waals surface area contributed by atoms with E-state index in [1.54, 1.807) is 0 Å². The molecule has 0 spiro atoms. The van der Waals surface area contributed by atoms with Crippen LogP contribution in [0.1, 0.15) is 328 Å². The maximum absolute atomic E-state index is 2.42. The summed E-state index contributed by atoms with van der Waals surface area (Å²) in [6.45, 7) is 60.5. The van der Waals surface area contributed by atoms with Crippen LogP contribution in [0.2, 0.25) is 0 Å². The minimum Gasteiger partial charge on any atom is -0.0683 e. The lowest BCUT2D eigenvalue weighted by molar-refractivity contribution is 0.201. The summed E-state index contributed by atoms with van der Waals surface area (Å²) in [7, 11) is 0. The monoisotopic (exact) mass is 839 g/mol. The molecular formula is C59H130. The third-order valence-corrected chi connectivity index (χ3v) is 12.6. The second-order valence-corrected chi connectivity index (χ2v) is 25.2. The van der Waals surface area contributed by atoms with Crippen LogP contribution >= 0.6 is 0 Å². The van der Waals surface area contributed by atoms with Crippen molar-refractivity contribution in [2.24, 2.45) is 56.7 Å². The van der Waals surface area contributed by atoms with Crippen LogP contribution < -0.4 is 0 Å². The van der Waals surface area contributed by atoms with Crippen LogP contribution in [0.4, 0.5) is 0 Å². The van der Waals surface area contributed by atoms with Gasteiger partial charge in [-0.2, -0.15) is 0 Å². The average molecular weight is 840 g/mol. The molecule has 0 heteroatoms. The van der Waals surface area contributed by atoms with E-state index in [9.17, 15) is 0 Å². The first kappa shape index (κ1) is 70.7. The summed E-state index contributed by atoms with van der Waals surface area (Å²) in [5, 5.41) is 0. The molecule has 0 saturated heterocycles. The Hall–Kier alpha value is 0. The van der Waals surface area contributed by atoms with Gasteiger partial charge in [0.05, 0.1) is 0 Å². The van der Waals surface area contributed by atoms with Gasteiger partial charge in [-0.1, -0.05) is 303 Å². The highest BCUT2D eigenvalue weighted by molar-refractivity contribution is 4.78. The van der Waals surface area contributed by atoms with E-state index in [0.29, 0.717) is 21.7 Å². The Bertz CT molecular complexity index is 737. The molecule has 4 saturated carbocycles. The second kappa shape index (κ2) is 42.0. The Labute approximate surface area is 383 Å². The van der Waals surface area contributed by atoms with Gasteiger partial charge in [0.25, 0.3) is 0 Å². The van der Waals surface area contributed by atoms with Crippen LogP contribution in [0, 0.1) is 56.7 Å². The number of hydrogen-bond acceptors (Lipinski definition) is 0. The van der Waals surface area contributed by atoms with Crippen molar-refractivity contribution in [3.63, 3.8) is 0 Å². The smallest absolute Gasteiger partial charge is 0.0328 e. The van der Waals surface area contributed by atoms with Crippen molar-refractivity contribution >= 4 is 0 Å². The van der Waals surface area contributed by atoms with Crippen molar-refractivity contribution in [3.8, 4) is 0 Å². The first-order chi connectivity index (χ1) is 26.8. The van der Waals surface area contributed by atoms with Gasteiger partial charge in [-0.05, 0) is 82.3 Å². The molecule has 0 amide bonds. The SMILES string of the molecule is CC.CC(C)(C)C.CC(C)C.CC1CCC(C)(C)CC1.CC1CCCC1.CC1CCCCC1.CCC(C)(C)C.CCC(C)(C)CC.CCC(C)C.CCC1(C)CCCC1. The Morgan fingerprint density at radius 1 is 0.458 bits per heavy atom. The summed E-state index contributed by atoms with van der Waals surface area (Å²) in [5.74, 6) is 4.80. The molecule has 0 heterocycles. The van der Waals surface area contributed by atoms with Crippen molar-refractivity contribution < 1.29 is 0 Å². The van der Waals surface area contributed by atoms with Gasteiger partial charge >= 0.3 is 0 Å². The molecular weight excluding hydrogens is 709 g/mol. The van der Waals surface area contributed by atoms with Crippen molar-refractivity contribution in [2.75, 3.05) is 0 Å². The lowest BCUT2D eigenvalue weighted by atomic mass is 9.74. The fraction of sp³-hybridized carbons (Fsp3) is 1.00. The highest BCUT2D eigenvalue weighted by Crippen LogP contribution is 2.40. The predicted octanol–water partition coefficient (Wildman–Crippen LogP) is 23.1. The molecule has 0 unspecified atom stereocenters. The van der Waals surface area contributed by atoms with Crippen LogP contribution in [0.25, 0.3) is 0 Å². The van der Waals surface area contributed by atoms with Crippen LogP contribution in [0.3, 0.4) is 0 Å². The van der Waals surface area contributed by atoms with Gasteiger partial charge in [0.2, 0.25) is 0 Å². The van der Waals surface area contributed by atoms with Gasteiger partial charge in [0.15, 0.2) is 0 Å². The van der Waals surface area contributed by atoms with Gasteiger partial charge in [-0.25, -0.2) is 0 Å². The van der Waals surface area contributed by atoms with Crippen LogP contribution in [-0.4, -0.2) is 0 Å². The molecule has 0 atom stereocenters. The van der Waals surface area contributed by atoms with Crippen molar-refractivity contribution in [3.05, 3.63) is 0 Å². The summed E-state index contributed by atoms with van der Waals surface area (Å²) in [6.07, 6.45) is 31.6. The molecule has 4 rings (SSSR count). The molecule has 0 radical (unpaired) electrons. The molecule has 4 fully saturated rings. The minimum absolute atomic E-state index is 0.500. The van der Waals surface area contributed by atoms with E-state index in [2.05, 4.69) is 173 Å². The zero-order chi connectivity index (χ0) is 47.9. The molecule has 0 nitrogen and oxygen atoms in total. The number of hydrogen-bond donors (Lipinski definition) is 0. The standard InChI is InChI=1S/C9H18.C8H16.C7H14.C7H16.C6H12.C6H14.2C5H12.C4H10.C2H6/c1-8-4-6-9(2,3)7-5-8;1-3-8(2)6-4-5-7-8;1-7-5-3-2-4-6-7;1-5-7(3,4)6-2;1-6-4-2-3-5-6;1-5-6(2,3)4;1-5(2,3)4;1-4-5(2)3;1-4(2)3;1-2/h8H,4-7H2,1-3H3;3-7H2,1-2H3;7H,2-6H2,1H3;5-6H2,1-4H3;6H,2-5H2,1H3;5H2,1-4H3;1-4H3;5H,4H2,1-3H3;4H,1-3H3;1-2H3. The Balaban J connectivity index is -0.000000134. The molecule has 4 aliphatic rings. The van der Waals surface area contributed by atoms with Gasteiger partial charge in [-0.3, -0.25) is 0 Å². The van der Waals surface area contributed by atoms with E-state index < -0.39 is 0 Å². The normalized spacial score (nSPS) is 18.7. The van der Waals surface area contributed by atoms with Gasteiger partial charge < -0.3 is 0 Å². The quantitative estimate of drug-likeness (QED) is 0.265. The largest absolute Gasteiger partial charge is 0.0683 e. The zero-order valence-electron chi connectivity index (χ0n) is 47.9. The first-order valence-electron chi connectivity index (χ1n) is 26.8. The van der Waals surface area contributed by atoms with E-state index in [0.717, 1.165) is 35.0 Å². The molecule has 366 valence electrons. The molecule has 0 N–H and O–H groups in total. The third-order valence-electron chi connectivity index (χ3n) is 12.6. The lowest BCUT2D eigenvalue weighted by Gasteiger charge is -2.32. The maximum atomic E-state index is 2.42. The van der Waals surface area contributed by atoms with E-state index in [1.165, 1.54) is 141 Å². The Morgan fingerprint density at radius 2 is 0.712 bits per heavy atom. The Morgan fingerprint density at radius 3 is 0.831 bits per heavy atom. The topological polar surface area (TPSA) is 0 Å². The molecule has 0 aromatic heterocycles. The highest BCUT2D eigenvalue weighted by atomic mass is 14.3. The predicted molar refractivity (Wildman–Crippen MR) is 284 cm³/mol. The van der Waals surface area contributed by atoms with Crippen LogP contribution in [0.15, 0.2) is 0 Å². The van der Waals surface area contributed by atoms with Crippen LogP contribution in [0.5, 0.6) is 0 Å². The van der Waals surface area contributed by atoms with Crippen molar-refractivity contribution in [1.29, 1.82) is 0 Å². The Kier molecular flexibility index (Phi) is 50.3. The minimum atomic E-state index is 0.500.